The summed E-state index contributed by atoms with van der Waals surface area (Å²) in [5.41, 5.74) is 9.99. The first kappa shape index (κ1) is 21.9. The number of ether oxygens (including phenoxy) is 2. The van der Waals surface area contributed by atoms with Gasteiger partial charge in [0.1, 0.15) is 12.4 Å². The third-order valence-electron chi connectivity index (χ3n) is 6.41. The summed E-state index contributed by atoms with van der Waals surface area (Å²) < 4.78 is 11.6. The van der Waals surface area contributed by atoms with E-state index < -0.39 is 0 Å². The summed E-state index contributed by atoms with van der Waals surface area (Å²) in [5, 5.41) is 7.57. The molecular weight excluding hydrogens is 426 g/mol. The number of pyridine rings is 2. The van der Waals surface area contributed by atoms with E-state index in [1.54, 1.807) is 12.4 Å². The van der Waals surface area contributed by atoms with Gasteiger partial charge in [-0.3, -0.25) is 15.3 Å². The van der Waals surface area contributed by atoms with Gasteiger partial charge in [0, 0.05) is 53.9 Å². The van der Waals surface area contributed by atoms with E-state index in [1.807, 2.05) is 36.5 Å². The van der Waals surface area contributed by atoms with Gasteiger partial charge in [0.05, 0.1) is 11.5 Å². The number of nitrogens with zero attached hydrogens (tertiary/aromatic N) is 3. The molecule has 1 saturated heterocycles. The summed E-state index contributed by atoms with van der Waals surface area (Å²) >= 11 is 0. The molecule has 2 aliphatic heterocycles. The first-order valence-corrected chi connectivity index (χ1v) is 11.4. The van der Waals surface area contributed by atoms with E-state index in [9.17, 15) is 0 Å². The standard InChI is InChI=1S/C27H27N5O2/c1-27(2,32-11-4-12-32)9-8-18-13-22-23(17-33-26(28)29)21-14-19(20-5-3-10-30-16-20)6-7-24(21)34-25(22)31-15-18/h3,5-7,10,13-16,23H,4,11-12,17H2,1-2H3,(H3,28,29). The molecule has 2 aliphatic rings. The number of nitrogens with two attached hydrogens (primary N) is 1. The van der Waals surface area contributed by atoms with Crippen molar-refractivity contribution in [2.45, 2.75) is 31.7 Å². The molecule has 7 heteroatoms. The summed E-state index contributed by atoms with van der Waals surface area (Å²) in [4.78, 5) is 11.2. The zero-order valence-electron chi connectivity index (χ0n) is 19.3. The number of likely N-dealkylation sites (tertiary alicyclic amines) is 1. The molecule has 3 N–H and O–H groups in total. The zero-order chi connectivity index (χ0) is 23.7. The lowest BCUT2D eigenvalue weighted by Gasteiger charge is -2.41. The van der Waals surface area contributed by atoms with Crippen LogP contribution in [0, 0.1) is 17.3 Å². The second-order valence-corrected chi connectivity index (χ2v) is 9.09. The van der Waals surface area contributed by atoms with Crippen molar-refractivity contribution in [1.82, 2.24) is 14.9 Å². The van der Waals surface area contributed by atoms with Gasteiger partial charge in [0.25, 0.3) is 6.02 Å². The van der Waals surface area contributed by atoms with Crippen LogP contribution in [0.5, 0.6) is 11.6 Å². The van der Waals surface area contributed by atoms with Crippen LogP contribution in [0.1, 0.15) is 42.9 Å². The smallest absolute Gasteiger partial charge is 0.279 e. The summed E-state index contributed by atoms with van der Waals surface area (Å²) in [6, 6.07) is 11.6. The van der Waals surface area contributed by atoms with Gasteiger partial charge in [-0.1, -0.05) is 24.0 Å². The summed E-state index contributed by atoms with van der Waals surface area (Å²) in [6.07, 6.45) is 6.55. The molecule has 172 valence electrons. The Balaban J connectivity index is 1.53. The van der Waals surface area contributed by atoms with Crippen molar-refractivity contribution in [1.29, 1.82) is 5.41 Å². The van der Waals surface area contributed by atoms with Crippen LogP contribution in [-0.2, 0) is 4.74 Å². The average molecular weight is 454 g/mol. The van der Waals surface area contributed by atoms with Gasteiger partial charge in [0.2, 0.25) is 5.88 Å². The molecule has 0 radical (unpaired) electrons. The van der Waals surface area contributed by atoms with E-state index in [2.05, 4.69) is 46.6 Å². The maximum Gasteiger partial charge on any atom is 0.279 e. The molecule has 7 nitrogen and oxygen atoms in total. The lowest BCUT2D eigenvalue weighted by molar-refractivity contribution is 0.0955. The fourth-order valence-electron chi connectivity index (χ4n) is 4.30. The number of benzene rings is 1. The molecule has 3 aromatic rings. The number of nitrogens with one attached hydrogen (secondary N) is 1. The number of aromatic nitrogens is 2. The molecule has 5 rings (SSSR count). The van der Waals surface area contributed by atoms with E-state index in [4.69, 9.17) is 20.6 Å². The van der Waals surface area contributed by atoms with E-state index in [1.165, 1.54) is 6.42 Å². The number of hydrogen-bond acceptors (Lipinski definition) is 6. The van der Waals surface area contributed by atoms with E-state index in [0.717, 1.165) is 40.9 Å². The molecule has 0 saturated carbocycles. The van der Waals surface area contributed by atoms with Crippen molar-refractivity contribution in [2.24, 2.45) is 5.73 Å². The SMILES string of the molecule is CC(C)(C#Cc1cnc2c(c1)C(COC(=N)N)c1cc(-c3cccnc3)ccc1O2)N1CCC1. The molecule has 4 heterocycles. The number of amidine groups is 1. The molecule has 0 aliphatic carbocycles. The number of fused-ring (bicyclic) bond motifs is 2. The van der Waals surface area contributed by atoms with Crippen molar-refractivity contribution < 1.29 is 9.47 Å². The van der Waals surface area contributed by atoms with Gasteiger partial charge in [-0.05, 0) is 50.1 Å². The molecule has 1 atom stereocenters. The lowest BCUT2D eigenvalue weighted by atomic mass is 9.87. The van der Waals surface area contributed by atoms with Crippen LogP contribution in [0.25, 0.3) is 11.1 Å². The molecule has 0 amide bonds. The van der Waals surface area contributed by atoms with Gasteiger partial charge in [0.15, 0.2) is 0 Å². The number of hydrogen-bond donors (Lipinski definition) is 2. The second kappa shape index (κ2) is 8.81. The first-order chi connectivity index (χ1) is 16.4. The Bertz CT molecular complexity index is 1290. The predicted molar refractivity (Wildman–Crippen MR) is 131 cm³/mol. The third kappa shape index (κ3) is 4.33. The third-order valence-corrected chi connectivity index (χ3v) is 6.41. The van der Waals surface area contributed by atoms with Crippen molar-refractivity contribution in [3.63, 3.8) is 0 Å². The van der Waals surface area contributed by atoms with Gasteiger partial charge in [-0.15, -0.1) is 0 Å². The highest BCUT2D eigenvalue weighted by Gasteiger charge is 2.31. The Morgan fingerprint density at radius 3 is 2.76 bits per heavy atom. The highest BCUT2D eigenvalue weighted by Crippen LogP contribution is 2.44. The number of rotatable bonds is 4. The summed E-state index contributed by atoms with van der Waals surface area (Å²) in [6.45, 7) is 6.66. The van der Waals surface area contributed by atoms with Crippen LogP contribution in [0.4, 0.5) is 0 Å². The Hall–Kier alpha value is -3.89. The van der Waals surface area contributed by atoms with Crippen LogP contribution in [0.2, 0.25) is 0 Å². The van der Waals surface area contributed by atoms with Crippen LogP contribution < -0.4 is 10.5 Å². The first-order valence-electron chi connectivity index (χ1n) is 11.4. The molecule has 2 aromatic heterocycles. The maximum absolute atomic E-state index is 7.57. The molecule has 1 unspecified atom stereocenters. The summed E-state index contributed by atoms with van der Waals surface area (Å²) in [7, 11) is 0. The Labute approximate surface area is 199 Å². The highest BCUT2D eigenvalue weighted by molar-refractivity contribution is 5.69. The Morgan fingerprint density at radius 2 is 2.06 bits per heavy atom. The monoisotopic (exact) mass is 453 g/mol. The molecule has 34 heavy (non-hydrogen) atoms. The molecule has 1 aromatic carbocycles. The molecule has 0 spiro atoms. The average Bonchev–Trinajstić information content (AvgIpc) is 2.79. The zero-order valence-corrected chi connectivity index (χ0v) is 19.3. The fourth-order valence-corrected chi connectivity index (χ4v) is 4.30. The lowest BCUT2D eigenvalue weighted by Crippen LogP contribution is -2.50. The molecular formula is C27H27N5O2. The molecule has 0 bridgehead atoms. The van der Waals surface area contributed by atoms with Crippen LogP contribution in [-0.4, -0.2) is 46.1 Å². The quantitative estimate of drug-likeness (QED) is 0.350. The minimum Gasteiger partial charge on any atom is -0.465 e. The maximum atomic E-state index is 7.57. The van der Waals surface area contributed by atoms with Gasteiger partial charge < -0.3 is 15.2 Å². The highest BCUT2D eigenvalue weighted by atomic mass is 16.5. The topological polar surface area (TPSA) is 97.3 Å². The normalized spacial score (nSPS) is 16.7. The summed E-state index contributed by atoms with van der Waals surface area (Å²) in [5.74, 6) is 7.73. The van der Waals surface area contributed by atoms with Crippen molar-refractivity contribution in [3.05, 3.63) is 71.7 Å². The predicted octanol–water partition coefficient (Wildman–Crippen LogP) is 4.13. The molecule has 1 fully saturated rings. The van der Waals surface area contributed by atoms with Crippen LogP contribution in [0.3, 0.4) is 0 Å². The second-order valence-electron chi connectivity index (χ2n) is 9.09. The van der Waals surface area contributed by atoms with Crippen LogP contribution >= 0.6 is 0 Å². The van der Waals surface area contributed by atoms with Crippen LogP contribution in [0.15, 0.2) is 55.0 Å². The van der Waals surface area contributed by atoms with E-state index in [-0.39, 0.29) is 24.1 Å². The van der Waals surface area contributed by atoms with Gasteiger partial charge >= 0.3 is 0 Å². The minimum absolute atomic E-state index is 0.187. The van der Waals surface area contributed by atoms with Crippen molar-refractivity contribution in [3.8, 4) is 34.6 Å². The Kier molecular flexibility index (Phi) is 5.68. The van der Waals surface area contributed by atoms with Gasteiger partial charge in [-0.2, -0.15) is 0 Å². The van der Waals surface area contributed by atoms with E-state index >= 15 is 0 Å². The van der Waals surface area contributed by atoms with Crippen molar-refractivity contribution in [2.75, 3.05) is 19.7 Å². The van der Waals surface area contributed by atoms with Gasteiger partial charge in [-0.25, -0.2) is 4.98 Å². The van der Waals surface area contributed by atoms with E-state index in [0.29, 0.717) is 11.6 Å². The minimum atomic E-state index is -0.321. The largest absolute Gasteiger partial charge is 0.465 e. The fraction of sp³-hybridized carbons (Fsp3) is 0.296. The Morgan fingerprint density at radius 1 is 1.21 bits per heavy atom. The van der Waals surface area contributed by atoms with Crippen molar-refractivity contribution >= 4 is 6.02 Å².